The minimum Gasteiger partial charge on any atom is -0.331 e. The van der Waals surface area contributed by atoms with Crippen molar-refractivity contribution in [2.75, 3.05) is 5.32 Å². The van der Waals surface area contributed by atoms with Crippen molar-refractivity contribution in [2.45, 2.75) is 25.2 Å². The zero-order valence-electron chi connectivity index (χ0n) is 18.9. The topological polar surface area (TPSA) is 94.7 Å². The van der Waals surface area contributed by atoms with Crippen LogP contribution in [0.5, 0.6) is 0 Å². The van der Waals surface area contributed by atoms with E-state index in [1.807, 2.05) is 0 Å². The van der Waals surface area contributed by atoms with E-state index in [-0.39, 0.29) is 13.0 Å². The second-order valence-electron chi connectivity index (χ2n) is 8.59. The number of thiazole rings is 1. The highest BCUT2D eigenvalue weighted by Gasteiger charge is 2.34. The number of carbonyl (C=O) groups excluding carboxylic acids is 2. The minimum absolute atomic E-state index is 0.152. The molecule has 4 heterocycles. The molecule has 0 radical (unpaired) electrons. The van der Waals surface area contributed by atoms with Crippen LogP contribution in [-0.2, 0) is 17.8 Å². The van der Waals surface area contributed by atoms with Gasteiger partial charge in [-0.05, 0) is 11.6 Å². The van der Waals surface area contributed by atoms with Crippen LogP contribution in [0, 0.1) is 0 Å². The first kappa shape index (κ1) is 23.8. The number of aromatic nitrogens is 5. The van der Waals surface area contributed by atoms with E-state index in [9.17, 15) is 14.0 Å². The van der Waals surface area contributed by atoms with Gasteiger partial charge in [0.05, 0.1) is 28.6 Å². The summed E-state index contributed by atoms with van der Waals surface area (Å²) in [5.41, 5.74) is 3.36. The third kappa shape index (κ3) is 4.20. The van der Waals surface area contributed by atoms with Crippen molar-refractivity contribution in [3.05, 3.63) is 81.4 Å². The highest BCUT2D eigenvalue weighted by atomic mass is 35.5. The normalized spacial score (nSPS) is 15.6. The summed E-state index contributed by atoms with van der Waals surface area (Å²) in [4.78, 5) is 33.2. The number of amides is 1. The maximum Gasteiger partial charge on any atom is 0.257 e. The van der Waals surface area contributed by atoms with Crippen LogP contribution in [0.4, 0.5) is 9.52 Å². The number of aldehydes is 1. The van der Waals surface area contributed by atoms with Gasteiger partial charge in [-0.1, -0.05) is 47.5 Å². The average molecular weight is 555 g/mol. The highest BCUT2D eigenvalue weighted by molar-refractivity contribution is 7.13. The third-order valence-corrected chi connectivity index (χ3v) is 7.67. The number of anilines is 1. The Kier molecular flexibility index (Phi) is 6.02. The van der Waals surface area contributed by atoms with E-state index in [1.165, 1.54) is 22.3 Å². The Bertz CT molecular complexity index is 1650. The van der Waals surface area contributed by atoms with Crippen LogP contribution in [0.2, 0.25) is 10.0 Å². The first-order valence-electron chi connectivity index (χ1n) is 11.2. The van der Waals surface area contributed by atoms with Gasteiger partial charge < -0.3 is 4.57 Å². The van der Waals surface area contributed by atoms with E-state index in [2.05, 4.69) is 20.4 Å². The van der Waals surface area contributed by atoms with Gasteiger partial charge >= 0.3 is 0 Å². The van der Waals surface area contributed by atoms with Crippen LogP contribution >= 0.6 is 34.5 Å². The van der Waals surface area contributed by atoms with E-state index in [4.69, 9.17) is 23.2 Å². The molecule has 186 valence electrons. The molecule has 0 unspecified atom stereocenters. The molecule has 1 aliphatic heterocycles. The summed E-state index contributed by atoms with van der Waals surface area (Å²) in [5, 5.41) is 10.9. The summed E-state index contributed by atoms with van der Waals surface area (Å²) in [6.07, 6.45) is 4.63. The second-order valence-corrected chi connectivity index (χ2v) is 10.3. The van der Waals surface area contributed by atoms with Gasteiger partial charge in [0.15, 0.2) is 11.2 Å². The number of alkyl halides is 1. The molecule has 12 heteroatoms. The first-order valence-corrected chi connectivity index (χ1v) is 12.9. The SMILES string of the molecule is O=Cc1ccc(-c2cc(Cl)c3cn([C@@H](C(=O)Nc4nccs4)c4ncn5c4C[C@@H](F)C5)nc3c2Cl)cc1. The molecule has 0 fully saturated rings. The van der Waals surface area contributed by atoms with Gasteiger partial charge in [-0.25, -0.2) is 14.4 Å². The maximum atomic E-state index is 14.2. The molecule has 8 nitrogen and oxygen atoms in total. The van der Waals surface area contributed by atoms with E-state index in [0.29, 0.717) is 48.6 Å². The molecule has 2 atom stereocenters. The van der Waals surface area contributed by atoms with Crippen LogP contribution in [-0.4, -0.2) is 42.7 Å². The van der Waals surface area contributed by atoms with Gasteiger partial charge in [0, 0.05) is 46.4 Å². The molecule has 0 saturated carbocycles. The molecule has 0 bridgehead atoms. The molecule has 1 amide bonds. The summed E-state index contributed by atoms with van der Waals surface area (Å²) < 4.78 is 17.4. The smallest absolute Gasteiger partial charge is 0.257 e. The highest BCUT2D eigenvalue weighted by Crippen LogP contribution is 2.39. The lowest BCUT2D eigenvalue weighted by Gasteiger charge is -2.16. The average Bonchev–Trinajstić information content (AvgIpc) is 3.68. The quantitative estimate of drug-likeness (QED) is 0.276. The van der Waals surface area contributed by atoms with Crippen molar-refractivity contribution in [2.24, 2.45) is 0 Å². The number of nitrogens with one attached hydrogen (secondary N) is 1. The number of fused-ring (bicyclic) bond motifs is 2. The van der Waals surface area contributed by atoms with Crippen molar-refractivity contribution in [1.82, 2.24) is 24.3 Å². The lowest BCUT2D eigenvalue weighted by atomic mass is 10.0. The lowest BCUT2D eigenvalue weighted by Crippen LogP contribution is -2.28. The molecule has 2 aromatic carbocycles. The number of hydrogen-bond acceptors (Lipinski definition) is 6. The number of rotatable bonds is 6. The monoisotopic (exact) mass is 554 g/mol. The van der Waals surface area contributed by atoms with Gasteiger partial charge in [-0.2, -0.15) is 5.10 Å². The summed E-state index contributed by atoms with van der Waals surface area (Å²) in [6.45, 7) is 0.189. The molecular weight excluding hydrogens is 538 g/mol. The number of halogens is 3. The van der Waals surface area contributed by atoms with E-state index >= 15 is 0 Å². The van der Waals surface area contributed by atoms with Crippen LogP contribution in [0.25, 0.3) is 22.0 Å². The molecule has 1 N–H and O–H groups in total. The molecule has 6 rings (SSSR count). The molecule has 0 spiro atoms. The lowest BCUT2D eigenvalue weighted by molar-refractivity contribution is -0.118. The molecule has 0 aliphatic carbocycles. The maximum absolute atomic E-state index is 14.2. The largest absolute Gasteiger partial charge is 0.331 e. The first-order chi connectivity index (χ1) is 17.9. The third-order valence-electron chi connectivity index (χ3n) is 6.29. The molecule has 0 saturated heterocycles. The molecule has 1 aliphatic rings. The fourth-order valence-electron chi connectivity index (χ4n) is 4.55. The van der Waals surface area contributed by atoms with E-state index in [1.54, 1.807) is 52.7 Å². The van der Waals surface area contributed by atoms with Crippen molar-refractivity contribution in [3.8, 4) is 11.1 Å². The summed E-state index contributed by atoms with van der Waals surface area (Å²) >= 11 is 14.7. The number of hydrogen-bond donors (Lipinski definition) is 1. The van der Waals surface area contributed by atoms with Gasteiger partial charge in [-0.15, -0.1) is 11.3 Å². The van der Waals surface area contributed by atoms with Gasteiger partial charge in [-0.3, -0.25) is 19.6 Å². The number of imidazole rings is 1. The molecular formula is C25H17Cl2FN6O2S. The van der Waals surface area contributed by atoms with Crippen LogP contribution in [0.3, 0.4) is 0 Å². The summed E-state index contributed by atoms with van der Waals surface area (Å²) in [7, 11) is 0. The Balaban J connectivity index is 1.48. The summed E-state index contributed by atoms with van der Waals surface area (Å²) in [5.74, 6) is -0.427. The zero-order chi connectivity index (χ0) is 25.7. The van der Waals surface area contributed by atoms with Crippen molar-refractivity contribution in [3.63, 3.8) is 0 Å². The number of carbonyl (C=O) groups is 2. The predicted octanol–water partition coefficient (Wildman–Crippen LogP) is 5.60. The summed E-state index contributed by atoms with van der Waals surface area (Å²) in [6, 6.07) is 7.63. The van der Waals surface area contributed by atoms with E-state index < -0.39 is 18.1 Å². The van der Waals surface area contributed by atoms with Gasteiger partial charge in [0.25, 0.3) is 5.91 Å². The molecule has 37 heavy (non-hydrogen) atoms. The number of benzene rings is 2. The van der Waals surface area contributed by atoms with Crippen molar-refractivity contribution >= 4 is 62.8 Å². The Hall–Kier alpha value is -3.60. The predicted molar refractivity (Wildman–Crippen MR) is 140 cm³/mol. The van der Waals surface area contributed by atoms with Crippen LogP contribution < -0.4 is 5.32 Å². The Morgan fingerprint density at radius 2 is 2.05 bits per heavy atom. The fraction of sp³-hybridized carbons (Fsp3) is 0.160. The number of nitrogens with zero attached hydrogens (tertiary/aromatic N) is 5. The minimum atomic E-state index is -1.05. The van der Waals surface area contributed by atoms with Crippen LogP contribution in [0.15, 0.2) is 54.4 Å². The molecule has 5 aromatic rings. The van der Waals surface area contributed by atoms with Crippen LogP contribution in [0.1, 0.15) is 27.8 Å². The Morgan fingerprint density at radius 1 is 1.24 bits per heavy atom. The van der Waals surface area contributed by atoms with Gasteiger partial charge in [0.1, 0.15) is 18.0 Å². The Morgan fingerprint density at radius 3 is 2.78 bits per heavy atom. The second kappa shape index (κ2) is 9.37. The van der Waals surface area contributed by atoms with Gasteiger partial charge in [0.2, 0.25) is 0 Å². The standard InChI is InChI=1S/C25H17Cl2FN6O2S/c26-18-8-16(14-3-1-13(11-35)2-4-14)20(27)21-17(18)10-34(32-21)23(24(36)31-25-29-5-6-37-25)22-19-7-15(28)9-33(19)12-30-22/h1-6,8,10-12,15,23H,7,9H2,(H,29,31,36)/t15-,23-/m1/s1. The fourth-order valence-corrected chi connectivity index (χ4v) is 5.64. The Labute approximate surface area is 223 Å². The van der Waals surface area contributed by atoms with Crippen molar-refractivity contribution < 1.29 is 14.0 Å². The van der Waals surface area contributed by atoms with Crippen molar-refractivity contribution in [1.29, 1.82) is 0 Å². The van der Waals surface area contributed by atoms with E-state index in [0.717, 1.165) is 11.8 Å². The molecule has 3 aromatic heterocycles. The zero-order valence-corrected chi connectivity index (χ0v) is 21.3.